The number of rotatable bonds is 4. The first-order chi connectivity index (χ1) is 12.3. The smallest absolute Gasteiger partial charge is 0.178 e. The van der Waals surface area contributed by atoms with E-state index in [-0.39, 0.29) is 0 Å². The third-order valence-electron chi connectivity index (χ3n) is 5.17. The average Bonchev–Trinajstić information content (AvgIpc) is 3.13. The van der Waals surface area contributed by atoms with Gasteiger partial charge in [0, 0.05) is 23.8 Å². The first-order valence-electron chi connectivity index (χ1n) is 8.81. The number of aryl methyl sites for hydroxylation is 1. The zero-order chi connectivity index (χ0) is 16.8. The maximum absolute atomic E-state index is 4.75. The van der Waals surface area contributed by atoms with Gasteiger partial charge in [-0.05, 0) is 56.0 Å². The van der Waals surface area contributed by atoms with E-state index in [0.29, 0.717) is 0 Å². The Morgan fingerprint density at radius 3 is 3.04 bits per heavy atom. The molecule has 1 saturated carbocycles. The van der Waals surface area contributed by atoms with Crippen LogP contribution in [0.5, 0.6) is 0 Å². The summed E-state index contributed by atoms with van der Waals surface area (Å²) < 4.78 is 2.17. The van der Waals surface area contributed by atoms with E-state index in [1.54, 1.807) is 6.20 Å². The molecule has 0 spiro atoms. The van der Waals surface area contributed by atoms with Gasteiger partial charge in [-0.25, -0.2) is 0 Å². The van der Waals surface area contributed by atoms with Crippen molar-refractivity contribution in [2.45, 2.75) is 32.7 Å². The highest BCUT2D eigenvalue weighted by Gasteiger charge is 2.20. The van der Waals surface area contributed by atoms with Gasteiger partial charge >= 0.3 is 0 Å². The van der Waals surface area contributed by atoms with E-state index in [0.717, 1.165) is 40.7 Å². The van der Waals surface area contributed by atoms with Gasteiger partial charge in [-0.2, -0.15) is 10.2 Å². The lowest BCUT2D eigenvalue weighted by atomic mass is 9.85. The largest absolute Gasteiger partial charge is 0.337 e. The van der Waals surface area contributed by atoms with Crippen molar-refractivity contribution in [3.8, 4) is 0 Å². The minimum Gasteiger partial charge on any atom is -0.337 e. The molecule has 0 radical (unpaired) electrons. The monoisotopic (exact) mass is 332 g/mol. The van der Waals surface area contributed by atoms with Crippen LogP contribution in [-0.4, -0.2) is 25.0 Å². The van der Waals surface area contributed by atoms with Gasteiger partial charge in [0.05, 0.1) is 16.7 Å². The van der Waals surface area contributed by atoms with Gasteiger partial charge in [0.25, 0.3) is 0 Å². The van der Waals surface area contributed by atoms with E-state index < -0.39 is 0 Å². The molecule has 0 atom stereocenters. The Balaban J connectivity index is 1.49. The molecule has 25 heavy (non-hydrogen) atoms. The van der Waals surface area contributed by atoms with Gasteiger partial charge in [0.1, 0.15) is 5.52 Å². The zero-order valence-corrected chi connectivity index (χ0v) is 14.2. The number of H-pyrrole nitrogens is 1. The number of benzene rings is 1. The Morgan fingerprint density at radius 2 is 2.20 bits per heavy atom. The van der Waals surface area contributed by atoms with E-state index in [1.165, 1.54) is 30.2 Å². The molecule has 1 aliphatic carbocycles. The molecule has 3 heterocycles. The van der Waals surface area contributed by atoms with Crippen molar-refractivity contribution in [3.63, 3.8) is 0 Å². The predicted octanol–water partition coefficient (Wildman–Crippen LogP) is 4.16. The van der Waals surface area contributed by atoms with Gasteiger partial charge in [-0.3, -0.25) is 14.8 Å². The molecule has 3 aromatic heterocycles. The molecule has 0 amide bonds. The van der Waals surface area contributed by atoms with Crippen molar-refractivity contribution in [2.24, 2.45) is 5.92 Å². The third kappa shape index (κ3) is 2.45. The highest BCUT2D eigenvalue weighted by atomic mass is 15.3. The molecule has 126 valence electrons. The van der Waals surface area contributed by atoms with Crippen LogP contribution in [0, 0.1) is 12.8 Å². The summed E-state index contributed by atoms with van der Waals surface area (Å²) in [5.41, 5.74) is 5.05. The Labute approximate surface area is 145 Å². The van der Waals surface area contributed by atoms with Crippen LogP contribution in [0.1, 0.15) is 25.0 Å². The van der Waals surface area contributed by atoms with Crippen LogP contribution in [0.15, 0.2) is 36.5 Å². The van der Waals surface area contributed by atoms with Crippen LogP contribution < -0.4 is 5.32 Å². The maximum Gasteiger partial charge on any atom is 0.178 e. The molecular weight excluding hydrogens is 312 g/mol. The summed E-state index contributed by atoms with van der Waals surface area (Å²) >= 11 is 0. The predicted molar refractivity (Wildman–Crippen MR) is 99.0 cm³/mol. The standard InChI is InChI=1S/C19H20N6/c1-12-15-10-14(21-19-18-16(22-23-19)6-3-9-20-18)7-8-17(15)25(24-12)11-13-4-2-5-13/h3,6-10,13H,2,4-5,11H2,1H3,(H2,21,22,23). The maximum atomic E-state index is 4.75. The Kier molecular flexibility index (Phi) is 3.23. The topological polar surface area (TPSA) is 71.4 Å². The molecule has 0 saturated heterocycles. The summed E-state index contributed by atoms with van der Waals surface area (Å²) in [5, 5.41) is 16.7. The molecule has 2 N–H and O–H groups in total. The summed E-state index contributed by atoms with van der Waals surface area (Å²) in [4.78, 5) is 4.40. The van der Waals surface area contributed by atoms with E-state index in [2.05, 4.69) is 50.3 Å². The number of hydrogen-bond acceptors (Lipinski definition) is 4. The molecule has 1 aromatic carbocycles. The van der Waals surface area contributed by atoms with Gasteiger partial charge in [-0.15, -0.1) is 0 Å². The minimum absolute atomic E-state index is 0.745. The first kappa shape index (κ1) is 14.5. The molecule has 0 bridgehead atoms. The number of nitrogens with zero attached hydrogens (tertiary/aromatic N) is 4. The lowest BCUT2D eigenvalue weighted by Crippen LogP contribution is -2.18. The number of nitrogens with one attached hydrogen (secondary N) is 2. The number of hydrogen-bond donors (Lipinski definition) is 2. The lowest BCUT2D eigenvalue weighted by molar-refractivity contribution is 0.269. The summed E-state index contributed by atoms with van der Waals surface area (Å²) in [6.07, 6.45) is 5.81. The number of fused-ring (bicyclic) bond motifs is 2. The van der Waals surface area contributed by atoms with E-state index in [4.69, 9.17) is 5.10 Å². The van der Waals surface area contributed by atoms with Crippen LogP contribution in [0.25, 0.3) is 21.9 Å². The second-order valence-corrected chi connectivity index (χ2v) is 6.89. The fourth-order valence-electron chi connectivity index (χ4n) is 3.55. The molecule has 6 nitrogen and oxygen atoms in total. The van der Waals surface area contributed by atoms with Crippen LogP contribution in [0.2, 0.25) is 0 Å². The van der Waals surface area contributed by atoms with Crippen molar-refractivity contribution in [2.75, 3.05) is 5.32 Å². The highest BCUT2D eigenvalue weighted by molar-refractivity contribution is 5.90. The Morgan fingerprint density at radius 1 is 1.28 bits per heavy atom. The van der Waals surface area contributed by atoms with Crippen molar-refractivity contribution in [1.82, 2.24) is 25.0 Å². The van der Waals surface area contributed by atoms with Crippen molar-refractivity contribution >= 4 is 33.4 Å². The quantitative estimate of drug-likeness (QED) is 0.588. The van der Waals surface area contributed by atoms with Crippen LogP contribution in [0.3, 0.4) is 0 Å². The lowest BCUT2D eigenvalue weighted by Gasteiger charge is -2.25. The normalized spacial score (nSPS) is 14.9. The van der Waals surface area contributed by atoms with E-state index in [1.807, 2.05) is 12.1 Å². The summed E-state index contributed by atoms with van der Waals surface area (Å²) in [5.74, 6) is 1.54. The zero-order valence-electron chi connectivity index (χ0n) is 14.2. The van der Waals surface area contributed by atoms with Crippen molar-refractivity contribution < 1.29 is 0 Å². The number of anilines is 2. The van der Waals surface area contributed by atoms with Gasteiger partial charge in [0.2, 0.25) is 0 Å². The molecule has 5 rings (SSSR count). The van der Waals surface area contributed by atoms with Gasteiger partial charge in [0.15, 0.2) is 5.82 Å². The van der Waals surface area contributed by atoms with Gasteiger partial charge < -0.3 is 5.32 Å². The minimum atomic E-state index is 0.745. The van der Waals surface area contributed by atoms with Crippen LogP contribution in [0.4, 0.5) is 11.5 Å². The molecular formula is C19H20N6. The fourth-order valence-corrected chi connectivity index (χ4v) is 3.55. The second-order valence-electron chi connectivity index (χ2n) is 6.89. The fraction of sp³-hybridized carbons (Fsp3) is 0.316. The average molecular weight is 332 g/mol. The summed E-state index contributed by atoms with van der Waals surface area (Å²) in [6, 6.07) is 10.3. The number of aromatic amines is 1. The van der Waals surface area contributed by atoms with Crippen LogP contribution in [-0.2, 0) is 6.54 Å². The summed E-state index contributed by atoms with van der Waals surface area (Å²) in [7, 11) is 0. The Hall–Kier alpha value is -2.89. The van der Waals surface area contributed by atoms with Crippen LogP contribution >= 0.6 is 0 Å². The molecule has 1 fully saturated rings. The van der Waals surface area contributed by atoms with Crippen molar-refractivity contribution in [1.29, 1.82) is 0 Å². The van der Waals surface area contributed by atoms with Gasteiger partial charge in [-0.1, -0.05) is 6.42 Å². The first-order valence-corrected chi connectivity index (χ1v) is 8.81. The SMILES string of the molecule is Cc1nn(CC2CCC2)c2ccc(Nc3n[nH]c4cccnc34)cc12. The molecule has 4 aromatic rings. The number of aromatic nitrogens is 5. The van der Waals surface area contributed by atoms with E-state index in [9.17, 15) is 0 Å². The Bertz CT molecular complexity index is 1060. The third-order valence-corrected chi connectivity index (χ3v) is 5.17. The summed E-state index contributed by atoms with van der Waals surface area (Å²) in [6.45, 7) is 3.11. The van der Waals surface area contributed by atoms with Crippen molar-refractivity contribution in [3.05, 3.63) is 42.2 Å². The van der Waals surface area contributed by atoms with E-state index >= 15 is 0 Å². The molecule has 1 aliphatic rings. The molecule has 0 unspecified atom stereocenters. The second kappa shape index (κ2) is 5.58. The highest BCUT2D eigenvalue weighted by Crippen LogP contribution is 2.31. The number of pyridine rings is 1. The molecule has 6 heteroatoms. The molecule has 0 aliphatic heterocycles.